The lowest BCUT2D eigenvalue weighted by Crippen LogP contribution is -2.33. The van der Waals surface area contributed by atoms with Gasteiger partial charge in [-0.2, -0.15) is 18.3 Å². The van der Waals surface area contributed by atoms with E-state index in [9.17, 15) is 26.4 Å². The molecule has 0 aliphatic carbocycles. The van der Waals surface area contributed by atoms with Crippen molar-refractivity contribution in [1.29, 1.82) is 0 Å². The maximum absolute atomic E-state index is 13.6. The fourth-order valence-corrected chi connectivity index (χ4v) is 5.85. The van der Waals surface area contributed by atoms with Crippen LogP contribution >= 0.6 is 11.6 Å². The van der Waals surface area contributed by atoms with E-state index in [0.717, 1.165) is 4.68 Å². The third-order valence-electron chi connectivity index (χ3n) is 5.30. The number of aromatic nitrogens is 2. The first-order valence-corrected chi connectivity index (χ1v) is 11.8. The summed E-state index contributed by atoms with van der Waals surface area (Å²) in [6.45, 7) is -0.0116. The van der Waals surface area contributed by atoms with Gasteiger partial charge in [-0.05, 0) is 29.3 Å². The quantitative estimate of drug-likeness (QED) is 0.555. The summed E-state index contributed by atoms with van der Waals surface area (Å²) < 4.78 is 66.4. The van der Waals surface area contributed by atoms with E-state index >= 15 is 0 Å². The Morgan fingerprint density at radius 3 is 2.52 bits per heavy atom. The summed E-state index contributed by atoms with van der Waals surface area (Å²) in [5.41, 5.74) is -0.686. The van der Waals surface area contributed by atoms with Gasteiger partial charge in [0.1, 0.15) is 5.82 Å². The second-order valence-corrected chi connectivity index (χ2v) is 9.99. The van der Waals surface area contributed by atoms with Crippen molar-refractivity contribution in [3.8, 4) is 11.1 Å². The SMILES string of the molecule is Cn1nc(C(F)(F)F)c(-c2ccc(Cl)cc2)c1NC(=O)NCC1CS(=O)(=O)c2ccccc21. The molecule has 4 rings (SSSR count). The summed E-state index contributed by atoms with van der Waals surface area (Å²) in [6, 6.07) is 11.4. The number of alkyl halides is 3. The van der Waals surface area contributed by atoms with E-state index in [4.69, 9.17) is 11.6 Å². The van der Waals surface area contributed by atoms with Crippen molar-refractivity contribution < 1.29 is 26.4 Å². The standard InChI is InChI=1S/C21H18ClF3N4O3S/c1-29-19(17(18(28-29)21(23,24)25)12-6-8-14(22)9-7-12)27-20(30)26-10-13-11-33(31,32)16-5-3-2-4-15(13)16/h2-9,13H,10-11H2,1H3,(H2,26,27,30). The number of anilines is 1. The molecule has 0 saturated carbocycles. The molecule has 3 aromatic rings. The van der Waals surface area contributed by atoms with Crippen LogP contribution < -0.4 is 10.6 Å². The van der Waals surface area contributed by atoms with E-state index in [0.29, 0.717) is 10.6 Å². The Kier molecular flexibility index (Phi) is 5.87. The van der Waals surface area contributed by atoms with E-state index in [1.54, 1.807) is 18.2 Å². The first-order chi connectivity index (χ1) is 15.5. The highest BCUT2D eigenvalue weighted by Crippen LogP contribution is 2.41. The van der Waals surface area contributed by atoms with Gasteiger partial charge in [0.05, 0.1) is 16.2 Å². The van der Waals surface area contributed by atoms with E-state index in [2.05, 4.69) is 15.7 Å². The van der Waals surface area contributed by atoms with Crippen LogP contribution in [0.3, 0.4) is 0 Å². The summed E-state index contributed by atoms with van der Waals surface area (Å²) in [4.78, 5) is 12.8. The second-order valence-electron chi connectivity index (χ2n) is 7.55. The molecule has 2 heterocycles. The Labute approximate surface area is 192 Å². The second kappa shape index (κ2) is 8.38. The number of fused-ring (bicyclic) bond motifs is 1. The van der Waals surface area contributed by atoms with Gasteiger partial charge in [0, 0.05) is 24.5 Å². The number of benzene rings is 2. The number of sulfone groups is 1. The van der Waals surface area contributed by atoms with Gasteiger partial charge in [-0.3, -0.25) is 10.00 Å². The van der Waals surface area contributed by atoms with Crippen molar-refractivity contribution >= 4 is 33.3 Å². The molecule has 0 spiro atoms. The fourth-order valence-electron chi connectivity index (χ4n) is 3.84. The third-order valence-corrected chi connectivity index (χ3v) is 7.44. The van der Waals surface area contributed by atoms with Gasteiger partial charge in [0.15, 0.2) is 15.5 Å². The number of carbonyl (C=O) groups is 1. The predicted molar refractivity (Wildman–Crippen MR) is 117 cm³/mol. The van der Waals surface area contributed by atoms with E-state index in [-0.39, 0.29) is 34.1 Å². The molecule has 0 radical (unpaired) electrons. The Morgan fingerprint density at radius 2 is 1.85 bits per heavy atom. The number of hydrogen-bond donors (Lipinski definition) is 2. The van der Waals surface area contributed by atoms with E-state index in [1.807, 2.05) is 0 Å². The van der Waals surface area contributed by atoms with Gasteiger partial charge in [-0.15, -0.1) is 0 Å². The lowest BCUT2D eigenvalue weighted by Gasteiger charge is -2.14. The number of rotatable bonds is 4. The molecule has 1 aromatic heterocycles. The Morgan fingerprint density at radius 1 is 1.18 bits per heavy atom. The maximum atomic E-state index is 13.6. The van der Waals surface area contributed by atoms with Gasteiger partial charge < -0.3 is 5.32 Å². The Hall–Kier alpha value is -3.05. The smallest absolute Gasteiger partial charge is 0.337 e. The van der Waals surface area contributed by atoms with Gasteiger partial charge in [0.2, 0.25) is 0 Å². The average molecular weight is 499 g/mol. The minimum absolute atomic E-state index is 0.0116. The van der Waals surface area contributed by atoms with Crippen LogP contribution in [0.1, 0.15) is 17.2 Å². The number of nitrogens with zero attached hydrogens (tertiary/aromatic N) is 2. The first kappa shape index (κ1) is 23.1. The van der Waals surface area contributed by atoms with Crippen molar-refractivity contribution in [2.24, 2.45) is 7.05 Å². The number of aryl methyl sites for hydroxylation is 1. The Bertz CT molecular complexity index is 1320. The zero-order valence-corrected chi connectivity index (χ0v) is 18.7. The Balaban J connectivity index is 1.58. The zero-order valence-electron chi connectivity index (χ0n) is 17.1. The minimum Gasteiger partial charge on any atom is -0.337 e. The van der Waals surface area contributed by atoms with Crippen LogP contribution in [0.5, 0.6) is 0 Å². The summed E-state index contributed by atoms with van der Waals surface area (Å²) >= 11 is 5.85. The summed E-state index contributed by atoms with van der Waals surface area (Å²) in [6.07, 6.45) is -4.76. The summed E-state index contributed by atoms with van der Waals surface area (Å²) in [5.74, 6) is -0.793. The molecule has 2 aromatic carbocycles. The van der Waals surface area contributed by atoms with Crippen molar-refractivity contribution in [1.82, 2.24) is 15.1 Å². The fraction of sp³-hybridized carbons (Fsp3) is 0.238. The molecule has 1 aliphatic heterocycles. The summed E-state index contributed by atoms with van der Waals surface area (Å²) in [5, 5.41) is 8.88. The van der Waals surface area contributed by atoms with Crippen LogP contribution in [0.25, 0.3) is 11.1 Å². The molecular weight excluding hydrogens is 481 g/mol. The number of carbonyl (C=O) groups excluding carboxylic acids is 1. The molecule has 12 heteroatoms. The van der Waals surface area contributed by atoms with Crippen LogP contribution in [0.4, 0.5) is 23.8 Å². The van der Waals surface area contributed by atoms with Crippen molar-refractivity contribution in [3.05, 3.63) is 64.8 Å². The van der Waals surface area contributed by atoms with Gasteiger partial charge in [0.25, 0.3) is 0 Å². The molecule has 2 N–H and O–H groups in total. The van der Waals surface area contributed by atoms with E-state index in [1.165, 1.54) is 37.4 Å². The van der Waals surface area contributed by atoms with Gasteiger partial charge in [-0.1, -0.05) is 41.9 Å². The highest BCUT2D eigenvalue weighted by molar-refractivity contribution is 7.91. The first-order valence-electron chi connectivity index (χ1n) is 9.74. The van der Waals surface area contributed by atoms with Crippen LogP contribution in [-0.2, 0) is 23.1 Å². The molecule has 0 saturated heterocycles. The molecule has 1 atom stereocenters. The average Bonchev–Trinajstić information content (AvgIpc) is 3.21. The van der Waals surface area contributed by atoms with Crippen LogP contribution in [0, 0.1) is 0 Å². The monoisotopic (exact) mass is 498 g/mol. The topological polar surface area (TPSA) is 93.1 Å². The van der Waals surface area contributed by atoms with E-state index < -0.39 is 33.7 Å². The third kappa shape index (κ3) is 4.55. The van der Waals surface area contributed by atoms with Gasteiger partial charge in [-0.25, -0.2) is 13.2 Å². The van der Waals surface area contributed by atoms with Crippen molar-refractivity contribution in [2.75, 3.05) is 17.6 Å². The normalized spacial score (nSPS) is 16.9. The highest BCUT2D eigenvalue weighted by Gasteiger charge is 2.40. The maximum Gasteiger partial charge on any atom is 0.435 e. The molecule has 1 unspecified atom stereocenters. The van der Waals surface area contributed by atoms with Crippen molar-refractivity contribution in [2.45, 2.75) is 17.0 Å². The lowest BCUT2D eigenvalue weighted by molar-refractivity contribution is -0.140. The van der Waals surface area contributed by atoms with Crippen LogP contribution in [-0.4, -0.2) is 36.5 Å². The molecular formula is C21H18ClF3N4O3S. The van der Waals surface area contributed by atoms with Crippen LogP contribution in [0.2, 0.25) is 5.02 Å². The number of urea groups is 1. The number of hydrogen-bond acceptors (Lipinski definition) is 4. The number of nitrogens with one attached hydrogen (secondary N) is 2. The molecule has 174 valence electrons. The number of halogens is 4. The zero-order chi connectivity index (χ0) is 24.0. The molecule has 0 bridgehead atoms. The molecule has 0 fully saturated rings. The summed E-state index contributed by atoms with van der Waals surface area (Å²) in [7, 11) is -2.17. The highest BCUT2D eigenvalue weighted by atomic mass is 35.5. The predicted octanol–water partition coefficient (Wildman–Crippen LogP) is 4.45. The molecule has 33 heavy (non-hydrogen) atoms. The largest absolute Gasteiger partial charge is 0.435 e. The number of amides is 2. The lowest BCUT2D eigenvalue weighted by atomic mass is 10.0. The molecule has 2 amide bonds. The van der Waals surface area contributed by atoms with Crippen LogP contribution in [0.15, 0.2) is 53.4 Å². The molecule has 1 aliphatic rings. The minimum atomic E-state index is -4.76. The molecule has 7 nitrogen and oxygen atoms in total. The van der Waals surface area contributed by atoms with Crippen molar-refractivity contribution in [3.63, 3.8) is 0 Å². The van der Waals surface area contributed by atoms with Gasteiger partial charge >= 0.3 is 12.2 Å².